The third-order valence-electron chi connectivity index (χ3n) is 10.2. The fourth-order valence-electron chi connectivity index (χ4n) is 7.75. The van der Waals surface area contributed by atoms with Crippen LogP contribution in [0.25, 0.3) is 33.6 Å². The van der Waals surface area contributed by atoms with E-state index in [1.165, 1.54) is 0 Å². The molecule has 0 aliphatic carbocycles. The van der Waals surface area contributed by atoms with E-state index in [0.29, 0.717) is 11.3 Å². The normalized spacial score (nSPS) is 26.0. The number of pyridine rings is 1. The van der Waals surface area contributed by atoms with Crippen LogP contribution in [0, 0.1) is 5.92 Å². The molecule has 1 aromatic carbocycles. The summed E-state index contributed by atoms with van der Waals surface area (Å²) in [4.78, 5) is 38.8. The van der Waals surface area contributed by atoms with Crippen molar-refractivity contribution in [2.45, 2.75) is 95.9 Å². The molecule has 3 aliphatic heterocycles. The van der Waals surface area contributed by atoms with Crippen LogP contribution >= 0.6 is 0 Å². The number of imidazole rings is 1. The van der Waals surface area contributed by atoms with Gasteiger partial charge in [-0.3, -0.25) is 9.59 Å². The molecule has 232 valence electrons. The number of amides is 2. The van der Waals surface area contributed by atoms with Crippen LogP contribution in [0.5, 0.6) is 5.75 Å². The fourth-order valence-corrected chi connectivity index (χ4v) is 7.75. The van der Waals surface area contributed by atoms with Crippen LogP contribution in [0.4, 0.5) is 0 Å². The van der Waals surface area contributed by atoms with Crippen molar-refractivity contribution in [3.05, 3.63) is 41.6 Å². The van der Waals surface area contributed by atoms with E-state index in [9.17, 15) is 9.59 Å². The SMILES string of the molecule is COc1cc(C(=O)N2[C@H]3CC[C@@H]2[C@H](N)C3)cc2nc(-c3cc4ccc5nc4n3CCCCCC[C@H](C)C(=O)N[C@@H]5C)n(C)c12. The minimum Gasteiger partial charge on any atom is -0.494 e. The summed E-state index contributed by atoms with van der Waals surface area (Å²) in [5.74, 6) is 1.50. The molecule has 0 unspecified atom stereocenters. The Kier molecular flexibility index (Phi) is 7.35. The maximum atomic E-state index is 13.8. The van der Waals surface area contributed by atoms with Crippen LogP contribution < -0.4 is 15.8 Å². The van der Waals surface area contributed by atoms with Crippen LogP contribution in [-0.2, 0) is 18.4 Å². The lowest BCUT2D eigenvalue weighted by Gasteiger charge is -2.23. The summed E-state index contributed by atoms with van der Waals surface area (Å²) in [6, 6.07) is 10.2. The Morgan fingerprint density at radius 1 is 1.05 bits per heavy atom. The van der Waals surface area contributed by atoms with Crippen LogP contribution in [0.2, 0.25) is 0 Å². The smallest absolute Gasteiger partial charge is 0.254 e. The molecule has 10 heteroatoms. The third-order valence-corrected chi connectivity index (χ3v) is 10.2. The highest BCUT2D eigenvalue weighted by atomic mass is 16.5. The number of ether oxygens (including phenoxy) is 1. The molecule has 7 rings (SSSR count). The number of methoxy groups -OCH3 is 1. The predicted octanol–water partition coefficient (Wildman–Crippen LogP) is 5.08. The number of hydrogen-bond donors (Lipinski definition) is 2. The van der Waals surface area contributed by atoms with Crippen LogP contribution in [0.15, 0.2) is 30.3 Å². The van der Waals surface area contributed by atoms with Gasteiger partial charge in [-0.05, 0) is 69.4 Å². The minimum absolute atomic E-state index is 0.00648. The van der Waals surface area contributed by atoms with Gasteiger partial charge in [0, 0.05) is 48.6 Å². The van der Waals surface area contributed by atoms with Crippen LogP contribution in [0.3, 0.4) is 0 Å². The molecule has 4 aromatic rings. The highest BCUT2D eigenvalue weighted by Crippen LogP contribution is 2.40. The molecular formula is C34H43N7O3. The number of fused-ring (bicyclic) bond motifs is 4. The summed E-state index contributed by atoms with van der Waals surface area (Å²) in [5, 5.41) is 4.20. The van der Waals surface area contributed by atoms with E-state index in [1.807, 2.05) is 44.0 Å². The molecule has 2 fully saturated rings. The Morgan fingerprint density at radius 3 is 2.61 bits per heavy atom. The number of nitrogens with one attached hydrogen (secondary N) is 1. The van der Waals surface area contributed by atoms with Gasteiger partial charge in [0.25, 0.3) is 5.91 Å². The van der Waals surface area contributed by atoms with Gasteiger partial charge in [-0.1, -0.05) is 26.2 Å². The van der Waals surface area contributed by atoms with Gasteiger partial charge in [0.15, 0.2) is 5.82 Å². The van der Waals surface area contributed by atoms with E-state index in [2.05, 4.69) is 26.6 Å². The van der Waals surface area contributed by atoms with E-state index in [-0.39, 0.29) is 41.9 Å². The molecule has 44 heavy (non-hydrogen) atoms. The van der Waals surface area contributed by atoms with E-state index < -0.39 is 0 Å². The van der Waals surface area contributed by atoms with Crippen molar-refractivity contribution >= 4 is 33.9 Å². The molecule has 0 radical (unpaired) electrons. The first kappa shape index (κ1) is 28.8. The first-order valence-corrected chi connectivity index (χ1v) is 16.2. The van der Waals surface area contributed by atoms with Crippen molar-refractivity contribution < 1.29 is 14.3 Å². The Balaban J connectivity index is 1.31. The number of aromatic nitrogens is 4. The largest absolute Gasteiger partial charge is 0.494 e. The van der Waals surface area contributed by atoms with Crippen LogP contribution in [0.1, 0.15) is 87.3 Å². The molecule has 4 bridgehead atoms. The topological polar surface area (TPSA) is 120 Å². The first-order valence-electron chi connectivity index (χ1n) is 16.2. The lowest BCUT2D eigenvalue weighted by atomic mass is 9.97. The second-order valence-electron chi connectivity index (χ2n) is 13.1. The lowest BCUT2D eigenvalue weighted by Crippen LogP contribution is -2.40. The number of rotatable bonds is 3. The molecular weight excluding hydrogens is 554 g/mol. The predicted molar refractivity (Wildman–Crippen MR) is 170 cm³/mol. The maximum Gasteiger partial charge on any atom is 0.254 e. The van der Waals surface area contributed by atoms with Crippen molar-refractivity contribution in [1.29, 1.82) is 0 Å². The number of hydrogen-bond acceptors (Lipinski definition) is 6. The molecule has 3 aliphatic rings. The second kappa shape index (κ2) is 11.2. The van der Waals surface area contributed by atoms with Gasteiger partial charge in [0.05, 0.1) is 30.1 Å². The highest BCUT2D eigenvalue weighted by Gasteiger charge is 2.47. The third kappa shape index (κ3) is 4.74. The zero-order valence-electron chi connectivity index (χ0n) is 26.2. The molecule has 6 heterocycles. The van der Waals surface area contributed by atoms with Gasteiger partial charge in [-0.15, -0.1) is 0 Å². The second-order valence-corrected chi connectivity index (χ2v) is 13.1. The van der Waals surface area contributed by atoms with Crippen molar-refractivity contribution in [1.82, 2.24) is 29.3 Å². The number of nitrogens with two attached hydrogens (primary N) is 1. The Labute approximate surface area is 257 Å². The van der Waals surface area contributed by atoms with Gasteiger partial charge < -0.3 is 29.8 Å². The fraction of sp³-hybridized carbons (Fsp3) is 0.529. The zero-order chi connectivity index (χ0) is 30.7. The average Bonchev–Trinajstić information content (AvgIpc) is 3.76. The van der Waals surface area contributed by atoms with Gasteiger partial charge in [0.1, 0.15) is 16.9 Å². The number of carbonyl (C=O) groups excluding carboxylic acids is 2. The number of benzene rings is 1. The van der Waals surface area contributed by atoms with E-state index in [1.54, 1.807) is 7.11 Å². The molecule has 2 amide bonds. The Morgan fingerprint density at radius 2 is 1.86 bits per heavy atom. The van der Waals surface area contributed by atoms with Gasteiger partial charge in [-0.25, -0.2) is 9.97 Å². The van der Waals surface area contributed by atoms with E-state index in [4.69, 9.17) is 20.4 Å². The summed E-state index contributed by atoms with van der Waals surface area (Å²) in [6.07, 6.45) is 7.95. The summed E-state index contributed by atoms with van der Waals surface area (Å²) < 4.78 is 10.2. The molecule has 2 saturated heterocycles. The summed E-state index contributed by atoms with van der Waals surface area (Å²) >= 11 is 0. The van der Waals surface area contributed by atoms with E-state index in [0.717, 1.165) is 97.2 Å². The zero-order valence-corrected chi connectivity index (χ0v) is 26.2. The van der Waals surface area contributed by atoms with Crippen molar-refractivity contribution in [2.75, 3.05) is 7.11 Å². The molecule has 3 aromatic heterocycles. The van der Waals surface area contributed by atoms with Gasteiger partial charge >= 0.3 is 0 Å². The summed E-state index contributed by atoms with van der Waals surface area (Å²) in [6.45, 7) is 4.82. The van der Waals surface area contributed by atoms with Crippen molar-refractivity contribution in [3.8, 4) is 17.3 Å². The minimum atomic E-state index is -0.194. The van der Waals surface area contributed by atoms with Crippen LogP contribution in [-0.4, -0.2) is 61.1 Å². The van der Waals surface area contributed by atoms with Gasteiger partial charge in [0.2, 0.25) is 5.91 Å². The first-order chi connectivity index (χ1) is 21.2. The number of nitrogens with zero attached hydrogens (tertiary/aromatic N) is 5. The van der Waals surface area contributed by atoms with E-state index >= 15 is 0 Å². The van der Waals surface area contributed by atoms with Gasteiger partial charge in [-0.2, -0.15) is 0 Å². The molecule has 3 N–H and O–H groups in total. The molecule has 5 atom stereocenters. The maximum absolute atomic E-state index is 13.8. The average molecular weight is 598 g/mol. The lowest BCUT2D eigenvalue weighted by molar-refractivity contribution is -0.125. The van der Waals surface area contributed by atoms with Crippen molar-refractivity contribution in [2.24, 2.45) is 18.7 Å². The molecule has 0 spiro atoms. The van der Waals surface area contributed by atoms with Crippen molar-refractivity contribution in [3.63, 3.8) is 0 Å². The number of carbonyl (C=O) groups is 2. The Bertz CT molecular complexity index is 1760. The quantitative estimate of drug-likeness (QED) is 0.340. The number of aryl methyl sites for hydroxylation is 2. The standard InChI is InChI=1S/C34H43N7O3/c1-19-9-7-5-6-8-14-40-28(16-21-10-12-25(37-31(21)40)20(2)36-33(19)42)32-38-26-15-22(17-29(44-4)30(26)39(32)3)34(43)41-23-11-13-27(41)24(35)18-23/h10,12,15-17,19-20,23-24,27H,5-9,11,13-14,18,35H2,1-4H3,(H,36,42)/t19-,20+,23-,24+,27+/m0/s1. The highest BCUT2D eigenvalue weighted by molar-refractivity contribution is 6.00. The molecule has 0 saturated carbocycles. The molecule has 10 nitrogen and oxygen atoms in total. The summed E-state index contributed by atoms with van der Waals surface area (Å²) in [7, 11) is 3.64. The summed E-state index contributed by atoms with van der Waals surface area (Å²) in [5.41, 5.74) is 11.2. The Hall–Kier alpha value is -3.92. The monoisotopic (exact) mass is 597 g/mol.